The van der Waals surface area contributed by atoms with Gasteiger partial charge in [-0.3, -0.25) is 9.59 Å². The van der Waals surface area contributed by atoms with Crippen molar-refractivity contribution in [3.8, 4) is 0 Å². The van der Waals surface area contributed by atoms with Crippen molar-refractivity contribution >= 4 is 17.9 Å². The highest BCUT2D eigenvalue weighted by Crippen LogP contribution is 2.73. The average molecular weight is 473 g/mol. The lowest BCUT2D eigenvalue weighted by Crippen LogP contribution is -2.71. The molecule has 5 saturated carbocycles. The zero-order chi connectivity index (χ0) is 25.1. The van der Waals surface area contributed by atoms with Gasteiger partial charge in [-0.25, -0.2) is 4.79 Å². The highest BCUT2D eigenvalue weighted by Gasteiger charge is 2.72. The van der Waals surface area contributed by atoms with Crippen molar-refractivity contribution in [2.24, 2.45) is 34.0 Å². The second-order valence-electron chi connectivity index (χ2n) is 11.6. The van der Waals surface area contributed by atoms with Crippen molar-refractivity contribution in [1.29, 1.82) is 0 Å². The Balaban J connectivity index is 1.87. The molecule has 5 fully saturated rings. The van der Waals surface area contributed by atoms with Crippen LogP contribution in [0, 0.1) is 34.0 Å². The fourth-order valence-electron chi connectivity index (χ4n) is 8.49. The minimum absolute atomic E-state index is 0.00568. The molecule has 34 heavy (non-hydrogen) atoms. The van der Waals surface area contributed by atoms with Gasteiger partial charge < -0.3 is 14.2 Å². The fraction of sp³-hybridized carbons (Fsp3) is 0.750. The Morgan fingerprint density at radius 2 is 1.74 bits per heavy atom. The monoisotopic (exact) mass is 472 g/mol. The number of methoxy groups -OCH3 is 1. The maximum Gasteiger partial charge on any atom is 0.333 e. The molecule has 6 heteroatoms. The van der Waals surface area contributed by atoms with Crippen molar-refractivity contribution < 1.29 is 28.6 Å². The molecule has 5 rings (SSSR count). The van der Waals surface area contributed by atoms with E-state index in [9.17, 15) is 14.4 Å². The molecule has 5 aliphatic rings. The summed E-state index contributed by atoms with van der Waals surface area (Å²) in [5.74, 6) is -0.439. The number of carbonyl (C=O) groups is 3. The molecule has 0 radical (unpaired) electrons. The quantitative estimate of drug-likeness (QED) is 0.243. The van der Waals surface area contributed by atoms with Crippen LogP contribution in [0.3, 0.4) is 0 Å². The summed E-state index contributed by atoms with van der Waals surface area (Å²) < 4.78 is 17.6. The second kappa shape index (κ2) is 8.53. The van der Waals surface area contributed by atoms with Crippen LogP contribution in [0.25, 0.3) is 0 Å². The van der Waals surface area contributed by atoms with E-state index in [1.165, 1.54) is 14.0 Å². The number of allylic oxidation sites excluding steroid dienone is 1. The zero-order valence-corrected chi connectivity index (χ0v) is 21.6. The van der Waals surface area contributed by atoms with Crippen molar-refractivity contribution in [2.75, 3.05) is 7.11 Å². The number of rotatable bonds is 4. The van der Waals surface area contributed by atoms with Crippen LogP contribution in [0.15, 0.2) is 23.8 Å². The molecule has 0 aliphatic heterocycles. The van der Waals surface area contributed by atoms with Crippen LogP contribution in [-0.4, -0.2) is 37.2 Å². The molecule has 5 aliphatic carbocycles. The summed E-state index contributed by atoms with van der Waals surface area (Å²) in [5.41, 5.74) is 0.176. The molecule has 0 N–H and O–H groups in total. The van der Waals surface area contributed by atoms with Crippen molar-refractivity contribution in [3.05, 3.63) is 23.8 Å². The molecule has 0 aromatic heterocycles. The van der Waals surface area contributed by atoms with E-state index in [0.29, 0.717) is 12.0 Å². The zero-order valence-electron chi connectivity index (χ0n) is 21.6. The van der Waals surface area contributed by atoms with Crippen molar-refractivity contribution in [1.82, 2.24) is 0 Å². The van der Waals surface area contributed by atoms with Gasteiger partial charge in [0.25, 0.3) is 0 Å². The highest BCUT2D eigenvalue weighted by atomic mass is 16.6. The Morgan fingerprint density at radius 1 is 1.03 bits per heavy atom. The van der Waals surface area contributed by atoms with Crippen molar-refractivity contribution in [2.45, 2.75) is 91.8 Å². The van der Waals surface area contributed by atoms with E-state index in [1.54, 1.807) is 13.0 Å². The summed E-state index contributed by atoms with van der Waals surface area (Å²) in [6.45, 7) is 13.7. The van der Waals surface area contributed by atoms with Gasteiger partial charge in [-0.2, -0.15) is 0 Å². The Morgan fingerprint density at radius 3 is 2.35 bits per heavy atom. The molecule has 0 saturated heterocycles. The Bertz CT molecular complexity index is 935. The van der Waals surface area contributed by atoms with Gasteiger partial charge in [0.1, 0.15) is 12.2 Å². The van der Waals surface area contributed by atoms with Crippen LogP contribution in [0.4, 0.5) is 0 Å². The Hall–Kier alpha value is -2.11. The summed E-state index contributed by atoms with van der Waals surface area (Å²) >= 11 is 0. The molecular formula is C28H40O6. The molecule has 0 amide bonds. The average Bonchev–Trinajstić information content (AvgIpc) is 2.81. The van der Waals surface area contributed by atoms with Crippen LogP contribution in [0.2, 0.25) is 0 Å². The first-order valence-electron chi connectivity index (χ1n) is 12.7. The van der Waals surface area contributed by atoms with Crippen LogP contribution in [0.5, 0.6) is 0 Å². The molecule has 2 bridgehead atoms. The summed E-state index contributed by atoms with van der Waals surface area (Å²) in [6.07, 6.45) is 6.77. The van der Waals surface area contributed by atoms with E-state index < -0.39 is 23.0 Å². The lowest BCUT2D eigenvalue weighted by Gasteiger charge is -2.70. The molecule has 8 atom stereocenters. The highest BCUT2D eigenvalue weighted by molar-refractivity contribution is 5.87. The molecule has 1 spiro atoms. The topological polar surface area (TPSA) is 78.9 Å². The van der Waals surface area contributed by atoms with Gasteiger partial charge in [-0.05, 0) is 88.0 Å². The first-order chi connectivity index (χ1) is 16.0. The minimum Gasteiger partial charge on any atom is -0.469 e. The van der Waals surface area contributed by atoms with Crippen LogP contribution in [-0.2, 0) is 28.6 Å². The standard InChI is InChI=1S/C28H40O6/c1-8-16(2)24(30)34-22-15-20-26(5,11-9-12-27(20,6)25(31)32-7)21-14-19-10-13-28(21,22)23(17(19)3)33-18(4)29/h8,19-23H,3,9-15H2,1-2,4-7H3/b16-8-/t19-,20-,21-,22-,23+,26+,27+,28+/m0/s1. The first kappa shape index (κ1) is 25.0. The lowest BCUT2D eigenvalue weighted by atomic mass is 9.35. The second-order valence-corrected chi connectivity index (χ2v) is 11.6. The van der Waals surface area contributed by atoms with Gasteiger partial charge in [-0.1, -0.05) is 26.0 Å². The summed E-state index contributed by atoms with van der Waals surface area (Å²) in [4.78, 5) is 38.4. The summed E-state index contributed by atoms with van der Waals surface area (Å²) in [6, 6.07) is 0. The fourth-order valence-corrected chi connectivity index (χ4v) is 8.49. The largest absolute Gasteiger partial charge is 0.469 e. The molecule has 0 aromatic carbocycles. The van der Waals surface area contributed by atoms with E-state index in [1.807, 2.05) is 13.8 Å². The Labute approximate surface area is 203 Å². The SMILES string of the molecule is C=C1[C@H]2CC[C@@]3([C@@H](OC(=O)/C(C)=C\C)C[C@H]4[C@@](C)(CCC[C@@]4(C)C(=O)OC)[C@@H]3C2)[C@@H]1OC(C)=O. The van der Waals surface area contributed by atoms with Gasteiger partial charge in [0.15, 0.2) is 0 Å². The molecule has 188 valence electrons. The van der Waals surface area contributed by atoms with Crippen LogP contribution < -0.4 is 0 Å². The third kappa shape index (κ3) is 3.38. The van der Waals surface area contributed by atoms with Gasteiger partial charge in [0.05, 0.1) is 17.9 Å². The molecular weight excluding hydrogens is 432 g/mol. The molecule has 0 unspecified atom stereocenters. The predicted molar refractivity (Wildman–Crippen MR) is 127 cm³/mol. The first-order valence-corrected chi connectivity index (χ1v) is 12.7. The maximum atomic E-state index is 13.1. The van der Waals surface area contributed by atoms with Gasteiger partial charge in [0, 0.05) is 12.5 Å². The number of carbonyl (C=O) groups excluding carboxylic acids is 3. The lowest BCUT2D eigenvalue weighted by molar-refractivity contribution is -0.260. The third-order valence-corrected chi connectivity index (χ3v) is 10.2. The summed E-state index contributed by atoms with van der Waals surface area (Å²) in [5, 5.41) is 0. The summed E-state index contributed by atoms with van der Waals surface area (Å²) in [7, 11) is 1.46. The predicted octanol–water partition coefficient (Wildman–Crippen LogP) is 5.16. The van der Waals surface area contributed by atoms with Gasteiger partial charge in [0.2, 0.25) is 0 Å². The number of esters is 3. The number of ether oxygens (including phenoxy) is 3. The minimum atomic E-state index is -0.645. The molecule has 0 aromatic rings. The van der Waals surface area contributed by atoms with E-state index in [0.717, 1.165) is 44.1 Å². The maximum absolute atomic E-state index is 13.1. The Kier molecular flexibility index (Phi) is 6.27. The number of fused-ring (bicyclic) bond motifs is 3. The number of hydrogen-bond donors (Lipinski definition) is 0. The molecule has 6 nitrogen and oxygen atoms in total. The number of hydrogen-bond acceptors (Lipinski definition) is 6. The van der Waals surface area contributed by atoms with Crippen LogP contribution in [0.1, 0.15) is 79.6 Å². The smallest absolute Gasteiger partial charge is 0.333 e. The van der Waals surface area contributed by atoms with Crippen LogP contribution >= 0.6 is 0 Å². The normalized spacial score (nSPS) is 43.4. The van der Waals surface area contributed by atoms with E-state index in [-0.39, 0.29) is 41.1 Å². The van der Waals surface area contributed by atoms with E-state index in [4.69, 9.17) is 14.2 Å². The third-order valence-electron chi connectivity index (χ3n) is 10.2. The van der Waals surface area contributed by atoms with Crippen molar-refractivity contribution in [3.63, 3.8) is 0 Å². The van der Waals surface area contributed by atoms with Gasteiger partial charge >= 0.3 is 17.9 Å². The van der Waals surface area contributed by atoms with E-state index >= 15 is 0 Å². The van der Waals surface area contributed by atoms with E-state index in [2.05, 4.69) is 13.5 Å². The van der Waals surface area contributed by atoms with Gasteiger partial charge in [-0.15, -0.1) is 0 Å². The molecule has 0 heterocycles.